The van der Waals surface area contributed by atoms with Crippen molar-refractivity contribution in [2.75, 3.05) is 12.0 Å². The average molecular weight is 489 g/mol. The number of rotatable bonds is 8. The van der Waals surface area contributed by atoms with Crippen LogP contribution in [0.2, 0.25) is 10.0 Å². The van der Waals surface area contributed by atoms with Crippen molar-refractivity contribution in [1.29, 1.82) is 0 Å². The number of hydrogen-bond acceptors (Lipinski definition) is 5. The van der Waals surface area contributed by atoms with Gasteiger partial charge in [0, 0.05) is 27.5 Å². The first-order valence-corrected chi connectivity index (χ1v) is 12.4. The van der Waals surface area contributed by atoms with Crippen molar-refractivity contribution in [2.24, 2.45) is 0 Å². The van der Waals surface area contributed by atoms with Gasteiger partial charge < -0.3 is 9.64 Å². The minimum Gasteiger partial charge on any atom is -0.465 e. The van der Waals surface area contributed by atoms with Crippen LogP contribution in [-0.2, 0) is 11.2 Å². The van der Waals surface area contributed by atoms with Crippen LogP contribution >= 0.6 is 34.5 Å². The topological polar surface area (TPSA) is 42.4 Å². The Bertz CT molecular complexity index is 1110. The lowest BCUT2D eigenvalue weighted by atomic mass is 10.0. The van der Waals surface area contributed by atoms with Crippen molar-refractivity contribution >= 4 is 45.6 Å². The van der Waals surface area contributed by atoms with E-state index in [1.807, 2.05) is 36.4 Å². The molecular weight excluding hydrogens is 463 g/mol. The van der Waals surface area contributed by atoms with Crippen LogP contribution in [0.15, 0.2) is 42.5 Å². The fourth-order valence-corrected chi connectivity index (χ4v) is 5.56. The van der Waals surface area contributed by atoms with Crippen molar-refractivity contribution in [3.05, 3.63) is 68.5 Å². The first kappa shape index (κ1) is 23.1. The maximum atomic E-state index is 11.7. The summed E-state index contributed by atoms with van der Waals surface area (Å²) in [5, 5.41) is 2.29. The van der Waals surface area contributed by atoms with Crippen LogP contribution in [0.1, 0.15) is 47.0 Å². The van der Waals surface area contributed by atoms with Gasteiger partial charge in [0.05, 0.1) is 23.4 Å². The molecular formula is C25H26Cl2N2O2S. The van der Waals surface area contributed by atoms with Crippen LogP contribution in [0, 0.1) is 6.92 Å². The third kappa shape index (κ3) is 4.95. The lowest BCUT2D eigenvalue weighted by molar-refractivity contribution is 0.0600. The Morgan fingerprint density at radius 2 is 1.94 bits per heavy atom. The number of thiazole rings is 1. The van der Waals surface area contributed by atoms with Crippen LogP contribution in [0.5, 0.6) is 0 Å². The summed E-state index contributed by atoms with van der Waals surface area (Å²) in [5.41, 5.74) is 3.61. The molecule has 1 fully saturated rings. The van der Waals surface area contributed by atoms with Crippen molar-refractivity contribution < 1.29 is 9.53 Å². The molecule has 0 amide bonds. The number of esters is 1. The van der Waals surface area contributed by atoms with E-state index in [9.17, 15) is 4.79 Å². The van der Waals surface area contributed by atoms with E-state index >= 15 is 0 Å². The van der Waals surface area contributed by atoms with Gasteiger partial charge in [0.25, 0.3) is 0 Å². The molecule has 32 heavy (non-hydrogen) atoms. The van der Waals surface area contributed by atoms with Crippen LogP contribution in [0.4, 0.5) is 5.13 Å². The van der Waals surface area contributed by atoms with Crippen LogP contribution in [0.25, 0.3) is 11.3 Å². The number of carbonyl (C=O) groups is 1. The van der Waals surface area contributed by atoms with Gasteiger partial charge in [-0.3, -0.25) is 0 Å². The first-order valence-electron chi connectivity index (χ1n) is 10.8. The zero-order chi connectivity index (χ0) is 22.8. The molecule has 1 saturated carbocycles. The zero-order valence-electron chi connectivity index (χ0n) is 18.4. The van der Waals surface area contributed by atoms with E-state index in [2.05, 4.69) is 18.7 Å². The van der Waals surface area contributed by atoms with Gasteiger partial charge in [0.2, 0.25) is 0 Å². The molecule has 0 spiro atoms. The third-order valence-electron chi connectivity index (χ3n) is 5.84. The SMILES string of the molecule is CCC(Cc1ccc(C(=O)OC)cc1)N(c1nc(-c2ccc(Cl)cc2Cl)c(C)s1)C1CC1. The molecule has 0 bridgehead atoms. The summed E-state index contributed by atoms with van der Waals surface area (Å²) in [6.07, 6.45) is 4.27. The smallest absolute Gasteiger partial charge is 0.337 e. The second-order valence-corrected chi connectivity index (χ2v) is 10.1. The molecule has 0 radical (unpaired) electrons. The highest BCUT2D eigenvalue weighted by Crippen LogP contribution is 2.42. The summed E-state index contributed by atoms with van der Waals surface area (Å²) >= 11 is 14.3. The van der Waals surface area contributed by atoms with Gasteiger partial charge in [-0.15, -0.1) is 11.3 Å². The van der Waals surface area contributed by atoms with Gasteiger partial charge >= 0.3 is 5.97 Å². The van der Waals surface area contributed by atoms with Gasteiger partial charge in [-0.05, 0) is 68.5 Å². The average Bonchev–Trinajstić information content (AvgIpc) is 3.55. The van der Waals surface area contributed by atoms with E-state index < -0.39 is 0 Å². The summed E-state index contributed by atoms with van der Waals surface area (Å²) in [7, 11) is 1.40. The number of halogens is 2. The normalized spacial score (nSPS) is 14.3. The van der Waals surface area contributed by atoms with E-state index in [4.69, 9.17) is 32.9 Å². The maximum absolute atomic E-state index is 11.7. The summed E-state index contributed by atoms with van der Waals surface area (Å²) in [6.45, 7) is 4.32. The predicted octanol–water partition coefficient (Wildman–Crippen LogP) is 7.20. The number of ether oxygens (including phenoxy) is 1. The molecule has 3 aromatic rings. The largest absolute Gasteiger partial charge is 0.465 e. The minimum atomic E-state index is -0.310. The number of benzene rings is 2. The van der Waals surface area contributed by atoms with Gasteiger partial charge in [0.1, 0.15) is 0 Å². The lowest BCUT2D eigenvalue weighted by Gasteiger charge is -2.31. The Labute approximate surface area is 203 Å². The molecule has 7 heteroatoms. The second-order valence-electron chi connectivity index (χ2n) is 8.12. The zero-order valence-corrected chi connectivity index (χ0v) is 20.7. The molecule has 0 N–H and O–H groups in total. The molecule has 168 valence electrons. The standard InChI is InChI=1S/C25H26Cl2N2O2S/c1-4-19(13-16-5-7-17(8-6-16)24(30)31-3)29(20-10-11-20)25-28-23(15(2)32-25)21-12-9-18(26)14-22(21)27/h5-9,12,14,19-20H,4,10-11,13H2,1-3H3. The Balaban J connectivity index is 1.61. The number of carbonyl (C=O) groups excluding carboxylic acids is 1. The second kappa shape index (κ2) is 9.82. The number of anilines is 1. The predicted molar refractivity (Wildman–Crippen MR) is 133 cm³/mol. The molecule has 1 aromatic heterocycles. The fourth-order valence-electron chi connectivity index (χ4n) is 3.99. The van der Waals surface area contributed by atoms with Gasteiger partial charge in [-0.1, -0.05) is 42.3 Å². The van der Waals surface area contributed by atoms with Crippen LogP contribution in [0.3, 0.4) is 0 Å². The number of aryl methyl sites for hydroxylation is 1. The summed E-state index contributed by atoms with van der Waals surface area (Å²) in [4.78, 5) is 20.4. The summed E-state index contributed by atoms with van der Waals surface area (Å²) in [5.74, 6) is -0.310. The quantitative estimate of drug-likeness (QED) is 0.314. The Morgan fingerprint density at radius 1 is 1.22 bits per heavy atom. The van der Waals surface area contributed by atoms with Gasteiger partial charge in [0.15, 0.2) is 5.13 Å². The molecule has 4 rings (SSSR count). The summed E-state index contributed by atoms with van der Waals surface area (Å²) < 4.78 is 4.81. The van der Waals surface area contributed by atoms with Crippen molar-refractivity contribution in [3.8, 4) is 11.3 Å². The van der Waals surface area contributed by atoms with Crippen LogP contribution in [-0.4, -0.2) is 30.1 Å². The molecule has 1 aliphatic carbocycles. The number of methoxy groups -OCH3 is 1. The Hall–Kier alpha value is -2.08. The molecule has 2 aromatic carbocycles. The maximum Gasteiger partial charge on any atom is 0.337 e. The van der Waals surface area contributed by atoms with Gasteiger partial charge in [-0.2, -0.15) is 0 Å². The molecule has 0 saturated heterocycles. The van der Waals surface area contributed by atoms with E-state index in [1.54, 1.807) is 17.4 Å². The monoisotopic (exact) mass is 488 g/mol. The molecule has 1 aliphatic rings. The highest BCUT2D eigenvalue weighted by atomic mass is 35.5. The minimum absolute atomic E-state index is 0.310. The van der Waals surface area contributed by atoms with E-state index in [0.29, 0.717) is 27.7 Å². The number of nitrogens with zero attached hydrogens (tertiary/aromatic N) is 2. The number of hydrogen-bond donors (Lipinski definition) is 0. The van der Waals surface area contributed by atoms with Crippen LogP contribution < -0.4 is 4.90 Å². The first-order chi connectivity index (χ1) is 15.4. The Morgan fingerprint density at radius 3 is 2.53 bits per heavy atom. The lowest BCUT2D eigenvalue weighted by Crippen LogP contribution is -2.38. The molecule has 1 atom stereocenters. The van der Waals surface area contributed by atoms with E-state index in [1.165, 1.54) is 25.5 Å². The highest BCUT2D eigenvalue weighted by molar-refractivity contribution is 7.16. The summed E-state index contributed by atoms with van der Waals surface area (Å²) in [6, 6.07) is 14.1. The fraction of sp³-hybridized carbons (Fsp3) is 0.360. The Kier molecular flexibility index (Phi) is 7.08. The van der Waals surface area contributed by atoms with Gasteiger partial charge in [-0.25, -0.2) is 9.78 Å². The van der Waals surface area contributed by atoms with Crippen molar-refractivity contribution in [1.82, 2.24) is 4.98 Å². The van der Waals surface area contributed by atoms with E-state index in [0.717, 1.165) is 34.1 Å². The third-order valence-corrected chi connectivity index (χ3v) is 7.38. The highest BCUT2D eigenvalue weighted by Gasteiger charge is 2.36. The van der Waals surface area contributed by atoms with Crippen molar-refractivity contribution in [2.45, 2.75) is 51.6 Å². The molecule has 1 heterocycles. The molecule has 0 aliphatic heterocycles. The van der Waals surface area contributed by atoms with E-state index in [-0.39, 0.29) is 5.97 Å². The van der Waals surface area contributed by atoms with Crippen molar-refractivity contribution in [3.63, 3.8) is 0 Å². The molecule has 1 unspecified atom stereocenters. The number of aromatic nitrogens is 1. The molecule has 4 nitrogen and oxygen atoms in total.